The second-order valence-electron chi connectivity index (χ2n) is 3.65. The van der Waals surface area contributed by atoms with Gasteiger partial charge in [-0.1, -0.05) is 18.5 Å². The summed E-state index contributed by atoms with van der Waals surface area (Å²) in [5.41, 5.74) is 1.11. The Kier molecular flexibility index (Phi) is 3.07. The molecule has 2 rings (SSSR count). The smallest absolute Gasteiger partial charge is 0.147 e. The van der Waals surface area contributed by atoms with E-state index in [0.29, 0.717) is 11.1 Å². The Bertz CT molecular complexity index is 350. The quantitative estimate of drug-likeness (QED) is 0.786. The van der Waals surface area contributed by atoms with Crippen molar-refractivity contribution >= 4 is 27.5 Å². The lowest BCUT2D eigenvalue weighted by Gasteiger charge is -2.06. The number of rotatable bonds is 3. The van der Waals surface area contributed by atoms with Crippen molar-refractivity contribution in [3.63, 3.8) is 0 Å². The van der Waals surface area contributed by atoms with Gasteiger partial charge in [0.05, 0.1) is 10.2 Å². The summed E-state index contributed by atoms with van der Waals surface area (Å²) in [5.74, 6) is 1.49. The summed E-state index contributed by atoms with van der Waals surface area (Å²) < 4.78 is 0.890. The SMILES string of the molecule is CCCc1nc(Cl)c(Br)c(C2CC2)n1. The molecular formula is C10H12BrClN2. The van der Waals surface area contributed by atoms with Crippen LogP contribution in [0.4, 0.5) is 0 Å². The van der Waals surface area contributed by atoms with Gasteiger partial charge >= 0.3 is 0 Å². The first kappa shape index (κ1) is 10.4. The zero-order valence-corrected chi connectivity index (χ0v) is 10.4. The first-order valence-corrected chi connectivity index (χ1v) is 6.11. The molecule has 2 nitrogen and oxygen atoms in total. The Balaban J connectivity index is 2.36. The van der Waals surface area contributed by atoms with Gasteiger partial charge in [-0.2, -0.15) is 0 Å². The van der Waals surface area contributed by atoms with Gasteiger partial charge in [0.25, 0.3) is 0 Å². The molecule has 1 aromatic rings. The Hall–Kier alpha value is -0.150. The van der Waals surface area contributed by atoms with Crippen molar-refractivity contribution in [2.75, 3.05) is 0 Å². The van der Waals surface area contributed by atoms with Gasteiger partial charge in [-0.15, -0.1) is 0 Å². The van der Waals surface area contributed by atoms with Crippen LogP contribution in [0.1, 0.15) is 43.6 Å². The lowest BCUT2D eigenvalue weighted by atomic mass is 10.2. The van der Waals surface area contributed by atoms with E-state index in [-0.39, 0.29) is 0 Å². The summed E-state index contributed by atoms with van der Waals surface area (Å²) in [5, 5.41) is 0.561. The van der Waals surface area contributed by atoms with Crippen LogP contribution in [0.2, 0.25) is 5.15 Å². The highest BCUT2D eigenvalue weighted by Crippen LogP contribution is 2.43. The van der Waals surface area contributed by atoms with Gasteiger partial charge in [-0.05, 0) is 35.2 Å². The van der Waals surface area contributed by atoms with E-state index in [4.69, 9.17) is 11.6 Å². The number of aromatic nitrogens is 2. The highest BCUT2D eigenvalue weighted by Gasteiger charge is 2.28. The molecule has 1 aliphatic carbocycles. The molecule has 4 heteroatoms. The molecular weight excluding hydrogens is 263 g/mol. The minimum absolute atomic E-state index is 0.561. The third-order valence-corrected chi connectivity index (χ3v) is 3.60. The molecule has 0 radical (unpaired) electrons. The standard InChI is InChI=1S/C10H12BrClN2/c1-2-3-7-13-9(6-4-5-6)8(11)10(12)14-7/h6H,2-5H2,1H3. The van der Waals surface area contributed by atoms with Gasteiger partial charge in [0.2, 0.25) is 0 Å². The molecule has 0 aromatic carbocycles. The normalized spacial score (nSPS) is 15.9. The van der Waals surface area contributed by atoms with Crippen molar-refractivity contribution in [3.8, 4) is 0 Å². The average Bonchev–Trinajstić information content (AvgIpc) is 2.94. The van der Waals surface area contributed by atoms with Crippen molar-refractivity contribution < 1.29 is 0 Å². The molecule has 1 fully saturated rings. The molecule has 0 aliphatic heterocycles. The predicted molar refractivity (Wildman–Crippen MR) is 60.7 cm³/mol. The number of aryl methyl sites for hydroxylation is 1. The van der Waals surface area contributed by atoms with Crippen LogP contribution in [0.25, 0.3) is 0 Å². The monoisotopic (exact) mass is 274 g/mol. The summed E-state index contributed by atoms with van der Waals surface area (Å²) in [4.78, 5) is 8.78. The van der Waals surface area contributed by atoms with Crippen LogP contribution in [0.15, 0.2) is 4.47 Å². The topological polar surface area (TPSA) is 25.8 Å². The first-order chi connectivity index (χ1) is 6.72. The van der Waals surface area contributed by atoms with E-state index < -0.39 is 0 Å². The molecule has 0 N–H and O–H groups in total. The van der Waals surface area contributed by atoms with E-state index in [1.54, 1.807) is 0 Å². The fraction of sp³-hybridized carbons (Fsp3) is 0.600. The number of halogens is 2. The Morgan fingerprint density at radius 3 is 2.71 bits per heavy atom. The Morgan fingerprint density at radius 2 is 2.14 bits per heavy atom. The van der Waals surface area contributed by atoms with Crippen molar-refractivity contribution in [2.24, 2.45) is 0 Å². The van der Waals surface area contributed by atoms with Crippen molar-refractivity contribution in [3.05, 3.63) is 21.1 Å². The van der Waals surface area contributed by atoms with Crippen LogP contribution in [-0.4, -0.2) is 9.97 Å². The van der Waals surface area contributed by atoms with Gasteiger partial charge in [0, 0.05) is 12.3 Å². The molecule has 0 amide bonds. The molecule has 1 saturated carbocycles. The van der Waals surface area contributed by atoms with Crippen molar-refractivity contribution in [1.29, 1.82) is 0 Å². The molecule has 76 valence electrons. The van der Waals surface area contributed by atoms with Crippen LogP contribution < -0.4 is 0 Å². The molecule has 0 unspecified atom stereocenters. The highest BCUT2D eigenvalue weighted by atomic mass is 79.9. The highest BCUT2D eigenvalue weighted by molar-refractivity contribution is 9.10. The van der Waals surface area contributed by atoms with Crippen LogP contribution in [0.3, 0.4) is 0 Å². The van der Waals surface area contributed by atoms with Gasteiger partial charge in [0.15, 0.2) is 0 Å². The third-order valence-electron chi connectivity index (χ3n) is 2.32. The zero-order chi connectivity index (χ0) is 10.1. The maximum Gasteiger partial charge on any atom is 0.147 e. The lowest BCUT2D eigenvalue weighted by Crippen LogP contribution is -2.00. The zero-order valence-electron chi connectivity index (χ0n) is 8.06. The van der Waals surface area contributed by atoms with Crippen LogP contribution in [-0.2, 0) is 6.42 Å². The van der Waals surface area contributed by atoms with Crippen molar-refractivity contribution in [1.82, 2.24) is 9.97 Å². The third kappa shape index (κ3) is 2.09. The summed E-state index contributed by atoms with van der Waals surface area (Å²) in [6.07, 6.45) is 4.43. The van der Waals surface area contributed by atoms with Gasteiger partial charge < -0.3 is 0 Å². The van der Waals surface area contributed by atoms with E-state index >= 15 is 0 Å². The fourth-order valence-corrected chi connectivity index (χ4v) is 2.14. The number of hydrogen-bond donors (Lipinski definition) is 0. The van der Waals surface area contributed by atoms with Crippen LogP contribution in [0.5, 0.6) is 0 Å². The number of hydrogen-bond acceptors (Lipinski definition) is 2. The van der Waals surface area contributed by atoms with E-state index in [1.165, 1.54) is 12.8 Å². The summed E-state index contributed by atoms with van der Waals surface area (Å²) in [7, 11) is 0. The second-order valence-corrected chi connectivity index (χ2v) is 4.81. The molecule has 1 aromatic heterocycles. The van der Waals surface area contributed by atoms with E-state index in [2.05, 4.69) is 32.8 Å². The first-order valence-electron chi connectivity index (χ1n) is 4.94. The van der Waals surface area contributed by atoms with Gasteiger partial charge in [0.1, 0.15) is 11.0 Å². The van der Waals surface area contributed by atoms with E-state index in [9.17, 15) is 0 Å². The van der Waals surface area contributed by atoms with Gasteiger partial charge in [-0.3, -0.25) is 0 Å². The predicted octanol–water partition coefficient (Wildman–Crippen LogP) is 3.72. The van der Waals surface area contributed by atoms with E-state index in [0.717, 1.165) is 28.8 Å². The number of nitrogens with zero attached hydrogens (tertiary/aromatic N) is 2. The van der Waals surface area contributed by atoms with Crippen molar-refractivity contribution in [2.45, 2.75) is 38.5 Å². The molecule has 14 heavy (non-hydrogen) atoms. The maximum atomic E-state index is 6.03. The van der Waals surface area contributed by atoms with Crippen LogP contribution >= 0.6 is 27.5 Å². The van der Waals surface area contributed by atoms with E-state index in [1.807, 2.05) is 0 Å². The molecule has 0 spiro atoms. The molecule has 1 aliphatic rings. The summed E-state index contributed by atoms with van der Waals surface area (Å²) in [6, 6.07) is 0. The molecule has 0 saturated heterocycles. The minimum Gasteiger partial charge on any atom is -0.236 e. The molecule has 0 atom stereocenters. The van der Waals surface area contributed by atoms with Gasteiger partial charge in [-0.25, -0.2) is 9.97 Å². The minimum atomic E-state index is 0.561. The molecule has 1 heterocycles. The van der Waals surface area contributed by atoms with Crippen LogP contribution in [0, 0.1) is 0 Å². The maximum absolute atomic E-state index is 6.03. The Morgan fingerprint density at radius 1 is 1.43 bits per heavy atom. The fourth-order valence-electron chi connectivity index (χ4n) is 1.44. The summed E-state index contributed by atoms with van der Waals surface area (Å²) >= 11 is 9.48. The largest absolute Gasteiger partial charge is 0.236 e. The molecule has 0 bridgehead atoms. The average molecular weight is 276 g/mol. The summed E-state index contributed by atoms with van der Waals surface area (Å²) in [6.45, 7) is 2.12. The Labute approximate surface area is 97.2 Å². The second kappa shape index (κ2) is 4.15. The lowest BCUT2D eigenvalue weighted by molar-refractivity contribution is 0.807.